The largest absolute Gasteiger partial charge is 0.481 e. The van der Waals surface area contributed by atoms with Crippen molar-refractivity contribution >= 4 is 5.91 Å². The van der Waals surface area contributed by atoms with Crippen molar-refractivity contribution in [1.82, 2.24) is 34.7 Å². The predicted molar refractivity (Wildman–Crippen MR) is 97.7 cm³/mol. The molecule has 11 nitrogen and oxygen atoms in total. The second kappa shape index (κ2) is 7.37. The summed E-state index contributed by atoms with van der Waals surface area (Å²) in [4.78, 5) is 18.8. The monoisotopic (exact) mass is 384 g/mol. The van der Waals surface area contributed by atoms with E-state index in [1.54, 1.807) is 59.0 Å². The maximum absolute atomic E-state index is 13.0. The summed E-state index contributed by atoms with van der Waals surface area (Å²) < 4.78 is 13.6. The molecule has 1 fully saturated rings. The number of carbonyl (C=O) groups excluding carboxylic acids is 1. The first-order chi connectivity index (χ1) is 13.6. The van der Waals surface area contributed by atoms with E-state index in [0.29, 0.717) is 42.7 Å². The molecule has 4 heterocycles. The van der Waals surface area contributed by atoms with Crippen LogP contribution in [0.5, 0.6) is 5.88 Å². The van der Waals surface area contributed by atoms with Gasteiger partial charge in [0.15, 0.2) is 5.69 Å². The summed E-state index contributed by atoms with van der Waals surface area (Å²) in [5.74, 6) is 0.216. The van der Waals surface area contributed by atoms with Crippen LogP contribution in [0.4, 0.5) is 0 Å². The summed E-state index contributed by atoms with van der Waals surface area (Å²) in [5, 5.41) is 12.6. The number of aryl methyl sites for hydroxylation is 1. The molecule has 0 spiro atoms. The second-order valence-corrected chi connectivity index (χ2v) is 6.30. The van der Waals surface area contributed by atoms with E-state index in [4.69, 9.17) is 15.2 Å². The number of nitrogens with zero attached hydrogens (tertiary/aromatic N) is 7. The molecule has 3 aromatic rings. The molecule has 0 radical (unpaired) electrons. The fourth-order valence-electron chi connectivity index (χ4n) is 2.97. The van der Waals surface area contributed by atoms with Crippen LogP contribution >= 0.6 is 0 Å². The van der Waals surface area contributed by atoms with Crippen molar-refractivity contribution in [2.75, 3.05) is 26.9 Å². The minimum atomic E-state index is -0.506. The molecule has 2 N–H and O–H groups in total. The quantitative estimate of drug-likeness (QED) is 0.657. The Bertz CT molecular complexity index is 981. The second-order valence-electron chi connectivity index (χ2n) is 6.30. The molecule has 1 saturated heterocycles. The molecule has 1 amide bonds. The van der Waals surface area contributed by atoms with Crippen molar-refractivity contribution in [3.05, 3.63) is 36.3 Å². The van der Waals surface area contributed by atoms with Crippen LogP contribution < -0.4 is 10.5 Å². The van der Waals surface area contributed by atoms with E-state index >= 15 is 0 Å². The van der Waals surface area contributed by atoms with Gasteiger partial charge >= 0.3 is 0 Å². The first kappa shape index (κ1) is 18.1. The van der Waals surface area contributed by atoms with Crippen LogP contribution in [0.1, 0.15) is 10.5 Å². The highest BCUT2D eigenvalue weighted by atomic mass is 16.5. The third kappa shape index (κ3) is 3.32. The van der Waals surface area contributed by atoms with Crippen molar-refractivity contribution in [2.24, 2.45) is 12.8 Å². The van der Waals surface area contributed by atoms with Crippen LogP contribution in [0, 0.1) is 0 Å². The molecule has 1 aliphatic heterocycles. The van der Waals surface area contributed by atoms with Gasteiger partial charge in [0, 0.05) is 19.7 Å². The molecular weight excluding hydrogens is 364 g/mol. The van der Waals surface area contributed by atoms with E-state index in [-0.39, 0.29) is 11.6 Å². The van der Waals surface area contributed by atoms with Crippen molar-refractivity contribution in [3.8, 4) is 23.0 Å². The normalized spacial score (nSPS) is 17.0. The third-order valence-electron chi connectivity index (χ3n) is 4.39. The van der Waals surface area contributed by atoms with Gasteiger partial charge in [0.25, 0.3) is 5.91 Å². The van der Waals surface area contributed by atoms with Crippen LogP contribution in [0.25, 0.3) is 17.1 Å². The topological polar surface area (TPSA) is 126 Å². The number of carbonyl (C=O) groups is 1. The van der Waals surface area contributed by atoms with Gasteiger partial charge in [0.1, 0.15) is 11.9 Å². The average molecular weight is 384 g/mol. The molecule has 1 aliphatic rings. The van der Waals surface area contributed by atoms with Crippen LogP contribution in [0.15, 0.2) is 30.6 Å². The first-order valence-corrected chi connectivity index (χ1v) is 8.68. The zero-order valence-electron chi connectivity index (χ0n) is 15.5. The minimum Gasteiger partial charge on any atom is -0.481 e. The van der Waals surface area contributed by atoms with Crippen molar-refractivity contribution in [3.63, 3.8) is 0 Å². The number of pyridine rings is 1. The van der Waals surface area contributed by atoms with Crippen LogP contribution in [-0.2, 0) is 11.8 Å². The highest BCUT2D eigenvalue weighted by Gasteiger charge is 2.28. The van der Waals surface area contributed by atoms with Crippen molar-refractivity contribution in [2.45, 2.75) is 6.17 Å². The summed E-state index contributed by atoms with van der Waals surface area (Å²) in [6, 6.07) is 5.20. The van der Waals surface area contributed by atoms with E-state index in [9.17, 15) is 4.79 Å². The number of aromatic nitrogens is 6. The standard InChI is InChI=1S/C17H20N8O3/c1-23-9-13(20-22-23)14-7-12(17(26)24-5-6-28-10-15(24)18)21-25(14)11-3-4-16(27-2)19-8-11/h3-4,7-9,15H,5-6,10,18H2,1-2H3/t15-/m0/s1. The molecule has 0 bridgehead atoms. The number of amides is 1. The SMILES string of the molecule is COc1ccc(-n2nc(C(=O)N3CCOC[C@H]3N)cc2-c2cn(C)nn2)cn1. The number of hydrogen-bond acceptors (Lipinski definition) is 8. The van der Waals surface area contributed by atoms with E-state index in [1.807, 2.05) is 0 Å². The number of hydrogen-bond donors (Lipinski definition) is 1. The Labute approximate surface area is 160 Å². The number of morpholine rings is 1. The van der Waals surface area contributed by atoms with E-state index in [2.05, 4.69) is 20.4 Å². The number of rotatable bonds is 4. The Hall–Kier alpha value is -3.31. The fourth-order valence-corrected chi connectivity index (χ4v) is 2.97. The van der Waals surface area contributed by atoms with Gasteiger partial charge in [0.05, 0.1) is 44.1 Å². The molecule has 3 aromatic heterocycles. The van der Waals surface area contributed by atoms with Gasteiger partial charge in [-0.2, -0.15) is 5.10 Å². The fraction of sp³-hybridized carbons (Fsp3) is 0.353. The van der Waals surface area contributed by atoms with Gasteiger partial charge in [-0.15, -0.1) is 5.10 Å². The van der Waals surface area contributed by atoms with Gasteiger partial charge in [-0.05, 0) is 12.1 Å². The maximum Gasteiger partial charge on any atom is 0.275 e. The van der Waals surface area contributed by atoms with E-state index in [0.717, 1.165) is 0 Å². The molecular formula is C17H20N8O3. The van der Waals surface area contributed by atoms with Gasteiger partial charge < -0.3 is 20.1 Å². The Morgan fingerprint density at radius 2 is 2.25 bits per heavy atom. The Morgan fingerprint density at radius 1 is 1.39 bits per heavy atom. The Kier molecular flexibility index (Phi) is 4.75. The number of methoxy groups -OCH3 is 1. The summed E-state index contributed by atoms with van der Waals surface area (Å²) in [6.45, 7) is 1.16. The van der Waals surface area contributed by atoms with Crippen LogP contribution in [0.3, 0.4) is 0 Å². The highest BCUT2D eigenvalue weighted by Crippen LogP contribution is 2.23. The summed E-state index contributed by atoms with van der Waals surface area (Å²) in [5.41, 5.74) is 8.13. The molecule has 146 valence electrons. The molecule has 11 heteroatoms. The smallest absolute Gasteiger partial charge is 0.275 e. The lowest BCUT2D eigenvalue weighted by Gasteiger charge is -2.32. The van der Waals surface area contributed by atoms with Gasteiger partial charge in [-0.1, -0.05) is 5.21 Å². The van der Waals surface area contributed by atoms with Crippen LogP contribution in [-0.4, -0.2) is 73.6 Å². The lowest BCUT2D eigenvalue weighted by atomic mass is 10.2. The van der Waals surface area contributed by atoms with E-state index in [1.165, 1.54) is 0 Å². The zero-order valence-corrected chi connectivity index (χ0v) is 15.5. The highest BCUT2D eigenvalue weighted by molar-refractivity contribution is 5.93. The zero-order chi connectivity index (χ0) is 19.7. The molecule has 1 atom stereocenters. The molecule has 0 saturated carbocycles. The number of nitrogens with two attached hydrogens (primary N) is 1. The minimum absolute atomic E-state index is 0.258. The van der Waals surface area contributed by atoms with Crippen molar-refractivity contribution in [1.29, 1.82) is 0 Å². The van der Waals surface area contributed by atoms with Crippen molar-refractivity contribution < 1.29 is 14.3 Å². The number of ether oxygens (including phenoxy) is 2. The summed E-state index contributed by atoms with van der Waals surface area (Å²) >= 11 is 0. The van der Waals surface area contributed by atoms with Gasteiger partial charge in [0.2, 0.25) is 5.88 Å². The molecule has 0 unspecified atom stereocenters. The molecule has 0 aliphatic carbocycles. The Balaban J connectivity index is 1.76. The van der Waals surface area contributed by atoms with Gasteiger partial charge in [-0.3, -0.25) is 9.48 Å². The molecule has 4 rings (SSSR count). The lowest BCUT2D eigenvalue weighted by molar-refractivity contribution is -0.000253. The molecule has 0 aromatic carbocycles. The Morgan fingerprint density at radius 3 is 2.89 bits per heavy atom. The van der Waals surface area contributed by atoms with Gasteiger partial charge in [-0.25, -0.2) is 9.67 Å². The van der Waals surface area contributed by atoms with Crippen LogP contribution in [0.2, 0.25) is 0 Å². The maximum atomic E-state index is 13.0. The molecule has 28 heavy (non-hydrogen) atoms. The third-order valence-corrected chi connectivity index (χ3v) is 4.39. The summed E-state index contributed by atoms with van der Waals surface area (Å²) in [6.07, 6.45) is 2.86. The average Bonchev–Trinajstić information content (AvgIpc) is 3.34. The lowest BCUT2D eigenvalue weighted by Crippen LogP contribution is -2.53. The van der Waals surface area contributed by atoms with E-state index < -0.39 is 6.17 Å². The first-order valence-electron chi connectivity index (χ1n) is 8.68. The predicted octanol–water partition coefficient (Wildman–Crippen LogP) is -0.171. The summed E-state index contributed by atoms with van der Waals surface area (Å²) in [7, 11) is 3.31.